The molecular formula is C24H21IN2O4. The number of nitrogens with zero attached hydrogens (tertiary/aromatic N) is 2. The number of hydrogen-bond donors (Lipinski definition) is 0. The van der Waals surface area contributed by atoms with Gasteiger partial charge in [0.15, 0.2) is 11.5 Å². The number of allylic oxidation sites excluding steroid dienone is 2. The van der Waals surface area contributed by atoms with Crippen LogP contribution < -0.4 is 9.47 Å². The van der Waals surface area contributed by atoms with Crippen molar-refractivity contribution in [2.45, 2.75) is 13.0 Å². The summed E-state index contributed by atoms with van der Waals surface area (Å²) in [6.07, 6.45) is 6.60. The zero-order valence-electron chi connectivity index (χ0n) is 16.9. The molecule has 0 spiro atoms. The quantitative estimate of drug-likeness (QED) is 0.246. The summed E-state index contributed by atoms with van der Waals surface area (Å²) in [5.74, 6) is 0.700. The Morgan fingerprint density at radius 1 is 1.10 bits per heavy atom. The summed E-state index contributed by atoms with van der Waals surface area (Å²) < 4.78 is 12.4. The first-order valence-corrected chi connectivity index (χ1v) is 11.3. The van der Waals surface area contributed by atoms with Crippen LogP contribution in [0.5, 0.6) is 11.5 Å². The lowest BCUT2D eigenvalue weighted by Gasteiger charge is -2.14. The number of fused-ring (bicyclic) bond motifs is 5. The minimum Gasteiger partial charge on any atom is -0.493 e. The van der Waals surface area contributed by atoms with E-state index in [-0.39, 0.29) is 35.5 Å². The second kappa shape index (κ2) is 8.11. The van der Waals surface area contributed by atoms with Crippen LogP contribution in [0.2, 0.25) is 0 Å². The number of rotatable bonds is 6. The van der Waals surface area contributed by atoms with Gasteiger partial charge in [0.25, 0.3) is 11.8 Å². The number of imide groups is 1. The molecule has 0 radical (unpaired) electrons. The van der Waals surface area contributed by atoms with Gasteiger partial charge in [0.05, 0.1) is 28.7 Å². The number of hydrazone groups is 1. The number of ether oxygens (including phenoxy) is 2. The van der Waals surface area contributed by atoms with Gasteiger partial charge < -0.3 is 9.47 Å². The Hall–Kier alpha value is -2.68. The maximum Gasteiger partial charge on any atom is 0.254 e. The third kappa shape index (κ3) is 3.54. The minimum atomic E-state index is -0.247. The molecule has 2 bridgehead atoms. The van der Waals surface area contributed by atoms with Crippen molar-refractivity contribution in [3.8, 4) is 11.5 Å². The highest BCUT2D eigenvalue weighted by molar-refractivity contribution is 14.1. The smallest absolute Gasteiger partial charge is 0.254 e. The Bertz CT molecular complexity index is 1070. The lowest BCUT2D eigenvalue weighted by atomic mass is 9.85. The zero-order valence-corrected chi connectivity index (χ0v) is 19.1. The van der Waals surface area contributed by atoms with Crippen molar-refractivity contribution in [1.82, 2.24) is 5.01 Å². The first-order valence-electron chi connectivity index (χ1n) is 10.2. The van der Waals surface area contributed by atoms with E-state index in [9.17, 15) is 9.59 Å². The third-order valence-electron chi connectivity index (χ3n) is 6.25. The number of carbonyl (C=O) groups is 2. The zero-order chi connectivity index (χ0) is 21.5. The van der Waals surface area contributed by atoms with Crippen molar-refractivity contribution in [2.75, 3.05) is 7.11 Å². The van der Waals surface area contributed by atoms with Crippen LogP contribution in [-0.4, -0.2) is 30.1 Å². The number of methoxy groups -OCH3 is 1. The van der Waals surface area contributed by atoms with Gasteiger partial charge in [-0.3, -0.25) is 9.59 Å². The Labute approximate surface area is 194 Å². The molecule has 0 aromatic heterocycles. The third-order valence-corrected chi connectivity index (χ3v) is 7.05. The van der Waals surface area contributed by atoms with Crippen molar-refractivity contribution >= 4 is 40.6 Å². The van der Waals surface area contributed by atoms with Gasteiger partial charge in [0, 0.05) is 0 Å². The van der Waals surface area contributed by atoms with Gasteiger partial charge in [-0.25, -0.2) is 0 Å². The second-order valence-corrected chi connectivity index (χ2v) is 9.20. The fourth-order valence-electron chi connectivity index (χ4n) is 4.81. The number of hydrogen-bond acceptors (Lipinski definition) is 5. The summed E-state index contributed by atoms with van der Waals surface area (Å²) in [6.45, 7) is 0.427. The predicted octanol–water partition coefficient (Wildman–Crippen LogP) is 4.02. The fraction of sp³-hybridized carbons (Fsp3) is 0.292. The average molecular weight is 528 g/mol. The van der Waals surface area contributed by atoms with Crippen LogP contribution in [0.4, 0.5) is 0 Å². The largest absolute Gasteiger partial charge is 0.493 e. The van der Waals surface area contributed by atoms with Crippen molar-refractivity contribution in [3.05, 3.63) is 69.3 Å². The Morgan fingerprint density at radius 2 is 1.77 bits per heavy atom. The van der Waals surface area contributed by atoms with Gasteiger partial charge >= 0.3 is 0 Å². The molecule has 2 amide bonds. The van der Waals surface area contributed by atoms with Gasteiger partial charge in [-0.05, 0) is 64.1 Å². The standard InChI is InChI=1S/C24H21IN2O4/c1-30-19-10-15(9-18(25)22(19)31-13-14-5-3-2-4-6-14)12-26-27-23(28)20-16-7-8-17(11-16)21(20)24(27)29/h2-10,12,16-17,20-21H,11,13H2,1H3/b26-12-/t16-,17-,20+,21+/m0/s1. The van der Waals surface area contributed by atoms with E-state index in [1.54, 1.807) is 13.2 Å². The van der Waals surface area contributed by atoms with Crippen LogP contribution in [-0.2, 0) is 16.2 Å². The molecule has 7 heteroatoms. The summed E-state index contributed by atoms with van der Waals surface area (Å²) in [7, 11) is 1.58. The molecule has 2 aliphatic carbocycles. The van der Waals surface area contributed by atoms with E-state index >= 15 is 0 Å². The lowest BCUT2D eigenvalue weighted by molar-refractivity contribution is -0.140. The topological polar surface area (TPSA) is 68.2 Å². The summed E-state index contributed by atoms with van der Waals surface area (Å²) >= 11 is 2.19. The van der Waals surface area contributed by atoms with Crippen LogP contribution >= 0.6 is 22.6 Å². The average Bonchev–Trinajstić information content (AvgIpc) is 3.46. The van der Waals surface area contributed by atoms with Gasteiger partial charge in [0.2, 0.25) is 0 Å². The molecule has 2 fully saturated rings. The van der Waals surface area contributed by atoms with E-state index in [4.69, 9.17) is 9.47 Å². The molecular weight excluding hydrogens is 507 g/mol. The molecule has 1 aliphatic heterocycles. The number of amides is 2. The second-order valence-electron chi connectivity index (χ2n) is 8.04. The number of halogens is 1. The number of carbonyl (C=O) groups excluding carboxylic acids is 2. The molecule has 5 rings (SSSR count). The Kier molecular flexibility index (Phi) is 5.29. The first kappa shape index (κ1) is 20.2. The van der Waals surface area contributed by atoms with Gasteiger partial charge in [-0.15, -0.1) is 0 Å². The van der Waals surface area contributed by atoms with Crippen molar-refractivity contribution in [3.63, 3.8) is 0 Å². The summed E-state index contributed by atoms with van der Waals surface area (Å²) in [4.78, 5) is 25.6. The van der Waals surface area contributed by atoms with Crippen LogP contribution in [0.25, 0.3) is 0 Å². The van der Waals surface area contributed by atoms with E-state index in [1.165, 1.54) is 6.21 Å². The highest BCUT2D eigenvalue weighted by Gasteiger charge is 2.59. The van der Waals surface area contributed by atoms with E-state index < -0.39 is 0 Å². The fourth-order valence-corrected chi connectivity index (χ4v) is 5.59. The Morgan fingerprint density at radius 3 is 2.42 bits per heavy atom. The normalized spacial score (nSPS) is 26.2. The molecule has 31 heavy (non-hydrogen) atoms. The van der Waals surface area contributed by atoms with Crippen LogP contribution in [0.3, 0.4) is 0 Å². The first-order chi connectivity index (χ1) is 15.1. The van der Waals surface area contributed by atoms with Gasteiger partial charge in [0.1, 0.15) is 6.61 Å². The maximum absolute atomic E-state index is 12.8. The Balaban J connectivity index is 1.34. The van der Waals surface area contributed by atoms with Crippen molar-refractivity contribution < 1.29 is 19.1 Å². The van der Waals surface area contributed by atoms with Crippen LogP contribution in [0, 0.1) is 27.2 Å². The molecule has 6 nitrogen and oxygen atoms in total. The maximum atomic E-state index is 12.8. The molecule has 0 unspecified atom stereocenters. The molecule has 158 valence electrons. The van der Waals surface area contributed by atoms with Crippen molar-refractivity contribution in [2.24, 2.45) is 28.8 Å². The number of benzene rings is 2. The summed E-state index contributed by atoms with van der Waals surface area (Å²) in [5, 5.41) is 5.31. The molecule has 1 saturated heterocycles. The molecule has 1 heterocycles. The highest BCUT2D eigenvalue weighted by Crippen LogP contribution is 2.52. The molecule has 4 atom stereocenters. The van der Waals surface area contributed by atoms with E-state index in [2.05, 4.69) is 39.8 Å². The van der Waals surface area contributed by atoms with Crippen LogP contribution in [0.1, 0.15) is 17.5 Å². The molecule has 2 aromatic rings. The summed E-state index contributed by atoms with van der Waals surface area (Å²) in [5.41, 5.74) is 1.79. The monoisotopic (exact) mass is 528 g/mol. The summed E-state index contributed by atoms with van der Waals surface area (Å²) in [6, 6.07) is 13.6. The van der Waals surface area contributed by atoms with Gasteiger partial charge in [-0.2, -0.15) is 10.1 Å². The minimum absolute atomic E-state index is 0.175. The molecule has 1 saturated carbocycles. The van der Waals surface area contributed by atoms with Gasteiger partial charge in [-0.1, -0.05) is 42.5 Å². The predicted molar refractivity (Wildman–Crippen MR) is 124 cm³/mol. The van der Waals surface area contributed by atoms with E-state index in [0.717, 1.165) is 26.1 Å². The van der Waals surface area contributed by atoms with E-state index in [0.29, 0.717) is 18.1 Å². The molecule has 3 aliphatic rings. The van der Waals surface area contributed by atoms with Crippen molar-refractivity contribution in [1.29, 1.82) is 0 Å². The van der Waals surface area contributed by atoms with Crippen LogP contribution in [0.15, 0.2) is 59.7 Å². The SMILES string of the molecule is COc1cc(/C=N\N2C(=O)[C@H]3[C@H](C2=O)[C@H]2C=C[C@H]3C2)cc(I)c1OCc1ccccc1. The highest BCUT2D eigenvalue weighted by atomic mass is 127. The molecule has 0 N–H and O–H groups in total. The lowest BCUT2D eigenvalue weighted by Crippen LogP contribution is -2.28. The molecule has 2 aromatic carbocycles. The van der Waals surface area contributed by atoms with E-state index in [1.807, 2.05) is 36.4 Å².